The molecule has 1 atom stereocenters. The Hall–Kier alpha value is -2.12. The van der Waals surface area contributed by atoms with Crippen LogP contribution in [0.3, 0.4) is 0 Å². The number of halogens is 1. The highest BCUT2D eigenvalue weighted by atomic mass is 35.5. The van der Waals surface area contributed by atoms with Crippen LogP contribution in [0.1, 0.15) is 31.4 Å². The van der Waals surface area contributed by atoms with Gasteiger partial charge < -0.3 is 10.1 Å². The van der Waals surface area contributed by atoms with Crippen LogP contribution in [0.5, 0.6) is 5.75 Å². The Kier molecular flexibility index (Phi) is 5.55. The van der Waals surface area contributed by atoms with Crippen molar-refractivity contribution in [2.45, 2.75) is 31.7 Å². The summed E-state index contributed by atoms with van der Waals surface area (Å²) in [5.41, 5.74) is 1.59. The standard InChI is InChI=1S/C17H22ClN5O2/c1-11(17(24)20-14-9-13(18)3-4-16(14)25-2)23-7-5-12(6-8-23)15-10-19-22-21-15/h3-4,9-12H,5-8H2,1-2H3,(H,20,24)(H,19,21,22). The molecule has 2 aromatic rings. The van der Waals surface area contributed by atoms with Gasteiger partial charge in [-0.15, -0.1) is 0 Å². The predicted molar refractivity (Wildman–Crippen MR) is 96.0 cm³/mol. The van der Waals surface area contributed by atoms with Gasteiger partial charge >= 0.3 is 0 Å². The number of piperidine rings is 1. The molecule has 0 bridgehead atoms. The van der Waals surface area contributed by atoms with Crippen LogP contribution in [0.2, 0.25) is 5.02 Å². The molecule has 0 aliphatic carbocycles. The van der Waals surface area contributed by atoms with Gasteiger partial charge in [0.15, 0.2) is 0 Å². The molecule has 1 saturated heterocycles. The number of nitrogens with zero attached hydrogens (tertiary/aromatic N) is 3. The quantitative estimate of drug-likeness (QED) is 0.853. The first-order chi connectivity index (χ1) is 12.1. The summed E-state index contributed by atoms with van der Waals surface area (Å²) in [5.74, 6) is 0.924. The van der Waals surface area contributed by atoms with Gasteiger partial charge in [0.05, 0.1) is 30.7 Å². The molecule has 0 saturated carbocycles. The molecular weight excluding hydrogens is 342 g/mol. The third-order valence-electron chi connectivity index (χ3n) is 4.73. The van der Waals surface area contributed by atoms with E-state index in [2.05, 4.69) is 25.6 Å². The van der Waals surface area contributed by atoms with Crippen LogP contribution in [0.15, 0.2) is 24.4 Å². The molecule has 1 unspecified atom stereocenters. The molecule has 1 aromatic carbocycles. The lowest BCUT2D eigenvalue weighted by Crippen LogP contribution is -2.45. The summed E-state index contributed by atoms with van der Waals surface area (Å²) in [4.78, 5) is 14.8. The molecule has 1 aliphatic heterocycles. The lowest BCUT2D eigenvalue weighted by molar-refractivity contribution is -0.121. The molecule has 8 heteroatoms. The summed E-state index contributed by atoms with van der Waals surface area (Å²) in [7, 11) is 1.57. The van der Waals surface area contributed by atoms with E-state index in [1.807, 2.05) is 6.92 Å². The van der Waals surface area contributed by atoms with E-state index in [0.29, 0.717) is 22.4 Å². The third-order valence-corrected chi connectivity index (χ3v) is 4.96. The highest BCUT2D eigenvalue weighted by Crippen LogP contribution is 2.29. The third kappa shape index (κ3) is 4.11. The van der Waals surface area contributed by atoms with Crippen molar-refractivity contribution in [2.75, 3.05) is 25.5 Å². The number of likely N-dealkylation sites (tertiary alicyclic amines) is 1. The van der Waals surface area contributed by atoms with Gasteiger partial charge in [0.2, 0.25) is 5.91 Å². The van der Waals surface area contributed by atoms with Crippen LogP contribution in [0.4, 0.5) is 5.69 Å². The molecule has 0 radical (unpaired) electrons. The molecule has 0 spiro atoms. The number of aromatic nitrogens is 3. The van der Waals surface area contributed by atoms with Crippen molar-refractivity contribution < 1.29 is 9.53 Å². The number of aromatic amines is 1. The van der Waals surface area contributed by atoms with Gasteiger partial charge in [-0.1, -0.05) is 11.6 Å². The monoisotopic (exact) mass is 363 g/mol. The van der Waals surface area contributed by atoms with Gasteiger partial charge in [-0.3, -0.25) is 9.69 Å². The van der Waals surface area contributed by atoms with Crippen LogP contribution in [0, 0.1) is 0 Å². The van der Waals surface area contributed by atoms with Crippen molar-refractivity contribution in [3.63, 3.8) is 0 Å². The average molecular weight is 364 g/mol. The van der Waals surface area contributed by atoms with Crippen molar-refractivity contribution in [3.8, 4) is 5.75 Å². The minimum Gasteiger partial charge on any atom is -0.495 e. The van der Waals surface area contributed by atoms with Crippen LogP contribution in [-0.2, 0) is 4.79 Å². The van der Waals surface area contributed by atoms with E-state index in [0.717, 1.165) is 31.6 Å². The average Bonchev–Trinajstić information content (AvgIpc) is 3.16. The molecule has 1 aromatic heterocycles. The molecule has 1 aliphatic rings. The van der Waals surface area contributed by atoms with Gasteiger partial charge in [0, 0.05) is 10.9 Å². The smallest absolute Gasteiger partial charge is 0.241 e. The zero-order chi connectivity index (χ0) is 17.8. The van der Waals surface area contributed by atoms with Gasteiger partial charge in [-0.2, -0.15) is 15.4 Å². The van der Waals surface area contributed by atoms with Crippen LogP contribution in [0.25, 0.3) is 0 Å². The molecule has 2 heterocycles. The Bertz CT molecular complexity index is 714. The lowest BCUT2D eigenvalue weighted by atomic mass is 9.93. The maximum Gasteiger partial charge on any atom is 0.241 e. The fraction of sp³-hybridized carbons (Fsp3) is 0.471. The molecule has 3 rings (SSSR count). The van der Waals surface area contributed by atoms with Gasteiger partial charge in [0.1, 0.15) is 5.75 Å². The molecule has 1 fully saturated rings. The number of nitrogens with one attached hydrogen (secondary N) is 2. The first kappa shape index (κ1) is 17.7. The fourth-order valence-electron chi connectivity index (χ4n) is 3.17. The van der Waals surface area contributed by atoms with Crippen molar-refractivity contribution in [1.29, 1.82) is 0 Å². The number of methoxy groups -OCH3 is 1. The summed E-state index contributed by atoms with van der Waals surface area (Å²) in [5, 5.41) is 14.2. The normalized spacial score (nSPS) is 17.2. The van der Waals surface area contributed by atoms with Crippen LogP contribution >= 0.6 is 11.6 Å². The Morgan fingerprint density at radius 3 is 2.84 bits per heavy atom. The Labute approximate surface area is 151 Å². The first-order valence-electron chi connectivity index (χ1n) is 8.32. The van der Waals surface area contributed by atoms with Gasteiger partial charge in [-0.05, 0) is 51.1 Å². The number of rotatable bonds is 5. The van der Waals surface area contributed by atoms with Crippen LogP contribution < -0.4 is 10.1 Å². The van der Waals surface area contributed by atoms with Gasteiger partial charge in [-0.25, -0.2) is 0 Å². The van der Waals surface area contributed by atoms with E-state index in [1.54, 1.807) is 31.5 Å². The second-order valence-corrected chi connectivity index (χ2v) is 6.65. The summed E-state index contributed by atoms with van der Waals surface area (Å²) in [6, 6.07) is 4.93. The fourth-order valence-corrected chi connectivity index (χ4v) is 3.34. The Morgan fingerprint density at radius 2 is 2.20 bits per heavy atom. The van der Waals surface area contributed by atoms with E-state index in [9.17, 15) is 4.79 Å². The number of carbonyl (C=O) groups excluding carboxylic acids is 1. The van der Waals surface area contributed by atoms with E-state index in [1.165, 1.54) is 0 Å². The SMILES string of the molecule is COc1ccc(Cl)cc1NC(=O)C(C)N1CCC(c2cn[nH]n2)CC1. The summed E-state index contributed by atoms with van der Waals surface area (Å²) < 4.78 is 5.28. The number of amides is 1. The number of anilines is 1. The van der Waals surface area contributed by atoms with E-state index < -0.39 is 0 Å². The predicted octanol–water partition coefficient (Wildman–Crippen LogP) is 2.67. The molecule has 1 amide bonds. The summed E-state index contributed by atoms with van der Waals surface area (Å²) in [6.07, 6.45) is 3.71. The summed E-state index contributed by atoms with van der Waals surface area (Å²) >= 11 is 6.02. The second kappa shape index (κ2) is 7.84. The number of hydrogen-bond donors (Lipinski definition) is 2. The van der Waals surface area contributed by atoms with Crippen molar-refractivity contribution in [2.24, 2.45) is 0 Å². The van der Waals surface area contributed by atoms with E-state index in [-0.39, 0.29) is 11.9 Å². The zero-order valence-corrected chi connectivity index (χ0v) is 15.1. The molecule has 2 N–H and O–H groups in total. The van der Waals surface area contributed by atoms with E-state index in [4.69, 9.17) is 16.3 Å². The van der Waals surface area contributed by atoms with Crippen LogP contribution in [-0.4, -0.2) is 52.5 Å². The lowest BCUT2D eigenvalue weighted by Gasteiger charge is -2.34. The maximum atomic E-state index is 12.6. The number of carbonyl (C=O) groups is 1. The minimum absolute atomic E-state index is 0.0690. The Morgan fingerprint density at radius 1 is 1.44 bits per heavy atom. The molecular formula is C17H22ClN5O2. The second-order valence-electron chi connectivity index (χ2n) is 6.21. The zero-order valence-electron chi connectivity index (χ0n) is 14.3. The number of H-pyrrole nitrogens is 1. The number of benzene rings is 1. The largest absolute Gasteiger partial charge is 0.495 e. The topological polar surface area (TPSA) is 83.1 Å². The number of ether oxygens (including phenoxy) is 1. The number of hydrogen-bond acceptors (Lipinski definition) is 5. The highest BCUT2D eigenvalue weighted by molar-refractivity contribution is 6.31. The Balaban J connectivity index is 1.59. The van der Waals surface area contributed by atoms with Crippen molar-refractivity contribution >= 4 is 23.2 Å². The van der Waals surface area contributed by atoms with Gasteiger partial charge in [0.25, 0.3) is 0 Å². The first-order valence-corrected chi connectivity index (χ1v) is 8.70. The van der Waals surface area contributed by atoms with E-state index >= 15 is 0 Å². The van der Waals surface area contributed by atoms with Crippen molar-refractivity contribution in [1.82, 2.24) is 20.3 Å². The van der Waals surface area contributed by atoms with Crippen molar-refractivity contribution in [3.05, 3.63) is 35.1 Å². The minimum atomic E-state index is -0.234. The molecule has 25 heavy (non-hydrogen) atoms. The molecule has 7 nitrogen and oxygen atoms in total. The highest BCUT2D eigenvalue weighted by Gasteiger charge is 2.28. The summed E-state index contributed by atoms with van der Waals surface area (Å²) in [6.45, 7) is 3.61. The maximum absolute atomic E-state index is 12.6. The molecule has 134 valence electrons.